The predicted molar refractivity (Wildman–Crippen MR) is 200 cm³/mol. The van der Waals surface area contributed by atoms with Gasteiger partial charge in [0, 0.05) is 40.8 Å². The Hall–Kier alpha value is -4.62. The molecule has 0 bridgehead atoms. The Balaban J connectivity index is 1.31. The van der Waals surface area contributed by atoms with Gasteiger partial charge in [0.1, 0.15) is 5.75 Å². The zero-order valence-electron chi connectivity index (χ0n) is 29.7. The SMILES string of the molecule is COc1ccc2c(c1)c(CC(=O)NCCNC(=O)C=C(C)C=CC=C(C)C=CC1=C(C)CCCC1(C)C)c(C)n2C(=O)c1ccc(Cl)cc1. The molecule has 0 atom stereocenters. The van der Waals surface area contributed by atoms with Crippen molar-refractivity contribution in [2.24, 2.45) is 5.41 Å². The number of methoxy groups -OCH3 is 1. The van der Waals surface area contributed by atoms with Crippen molar-refractivity contribution in [2.45, 2.75) is 67.2 Å². The van der Waals surface area contributed by atoms with Crippen LogP contribution in [0.4, 0.5) is 0 Å². The highest BCUT2D eigenvalue weighted by molar-refractivity contribution is 6.30. The van der Waals surface area contributed by atoms with E-state index in [0.717, 1.165) is 22.1 Å². The minimum absolute atomic E-state index is 0.0608. The number of carbonyl (C=O) groups excluding carboxylic acids is 3. The quantitative estimate of drug-likeness (QED) is 0.114. The lowest BCUT2D eigenvalue weighted by Gasteiger charge is -2.32. The molecule has 4 rings (SSSR count). The molecule has 0 saturated heterocycles. The Morgan fingerprint density at radius 1 is 0.980 bits per heavy atom. The van der Waals surface area contributed by atoms with E-state index in [4.69, 9.17) is 16.3 Å². The van der Waals surface area contributed by atoms with E-state index in [1.807, 2.05) is 44.2 Å². The Labute approximate surface area is 295 Å². The van der Waals surface area contributed by atoms with Crippen LogP contribution in [0.15, 0.2) is 101 Å². The highest BCUT2D eigenvalue weighted by atomic mass is 35.5. The normalized spacial score (nSPS) is 15.3. The smallest absolute Gasteiger partial charge is 0.262 e. The number of rotatable bonds is 12. The molecule has 2 amide bonds. The van der Waals surface area contributed by atoms with E-state index in [0.29, 0.717) is 27.5 Å². The summed E-state index contributed by atoms with van der Waals surface area (Å²) in [6.07, 6.45) is 15.5. The van der Waals surface area contributed by atoms with Crippen molar-refractivity contribution in [3.63, 3.8) is 0 Å². The van der Waals surface area contributed by atoms with Crippen LogP contribution in [0.3, 0.4) is 0 Å². The van der Waals surface area contributed by atoms with Crippen molar-refractivity contribution < 1.29 is 19.1 Å². The van der Waals surface area contributed by atoms with Gasteiger partial charge in [0.05, 0.1) is 19.0 Å². The fraction of sp³-hybridized carbons (Fsp3) is 0.341. The first-order chi connectivity index (χ1) is 23.3. The van der Waals surface area contributed by atoms with Crippen molar-refractivity contribution in [1.29, 1.82) is 0 Å². The number of nitrogens with zero attached hydrogens (tertiary/aromatic N) is 1. The molecule has 0 saturated carbocycles. The van der Waals surface area contributed by atoms with Crippen LogP contribution >= 0.6 is 11.6 Å². The number of hydrogen-bond acceptors (Lipinski definition) is 4. The molecule has 1 aromatic heterocycles. The Kier molecular flexibility index (Phi) is 12.7. The summed E-state index contributed by atoms with van der Waals surface area (Å²) < 4.78 is 7.05. The first kappa shape index (κ1) is 37.2. The van der Waals surface area contributed by atoms with Gasteiger partial charge in [-0.3, -0.25) is 19.0 Å². The van der Waals surface area contributed by atoms with Crippen LogP contribution in [0.2, 0.25) is 5.02 Å². The van der Waals surface area contributed by atoms with Crippen molar-refractivity contribution in [2.75, 3.05) is 20.2 Å². The summed E-state index contributed by atoms with van der Waals surface area (Å²) in [5.74, 6) is -0.0410. The molecule has 3 aromatic rings. The molecule has 0 radical (unpaired) electrons. The molecule has 0 unspecified atom stereocenters. The maximum atomic E-state index is 13.5. The Bertz CT molecular complexity index is 1870. The van der Waals surface area contributed by atoms with E-state index >= 15 is 0 Å². The summed E-state index contributed by atoms with van der Waals surface area (Å²) in [6.45, 7) is 13.2. The number of fused-ring (bicyclic) bond motifs is 1. The lowest BCUT2D eigenvalue weighted by Crippen LogP contribution is -2.34. The summed E-state index contributed by atoms with van der Waals surface area (Å²) in [4.78, 5) is 39.0. The van der Waals surface area contributed by atoms with Gasteiger partial charge in [-0.1, -0.05) is 67.0 Å². The van der Waals surface area contributed by atoms with Crippen LogP contribution in [-0.2, 0) is 16.0 Å². The number of amides is 2. The summed E-state index contributed by atoms with van der Waals surface area (Å²) in [6, 6.07) is 12.2. The van der Waals surface area contributed by atoms with E-state index in [2.05, 4.69) is 50.5 Å². The lowest BCUT2D eigenvalue weighted by molar-refractivity contribution is -0.121. The zero-order valence-corrected chi connectivity index (χ0v) is 30.5. The van der Waals surface area contributed by atoms with E-state index < -0.39 is 0 Å². The van der Waals surface area contributed by atoms with Crippen molar-refractivity contribution in [3.8, 4) is 5.75 Å². The predicted octanol–water partition coefficient (Wildman–Crippen LogP) is 8.61. The third kappa shape index (κ3) is 9.73. The number of hydrogen-bond donors (Lipinski definition) is 2. The molecule has 2 aromatic carbocycles. The van der Waals surface area contributed by atoms with Crippen LogP contribution in [0.25, 0.3) is 10.9 Å². The maximum absolute atomic E-state index is 13.5. The molecular weight excluding hydrogens is 634 g/mol. The van der Waals surface area contributed by atoms with E-state index in [1.54, 1.807) is 48.1 Å². The minimum Gasteiger partial charge on any atom is -0.497 e. The van der Waals surface area contributed by atoms with Gasteiger partial charge < -0.3 is 15.4 Å². The highest BCUT2D eigenvalue weighted by Gasteiger charge is 2.26. The third-order valence-electron chi connectivity index (χ3n) is 9.05. The van der Waals surface area contributed by atoms with Crippen molar-refractivity contribution in [3.05, 3.63) is 123 Å². The van der Waals surface area contributed by atoms with Gasteiger partial charge in [0.2, 0.25) is 11.8 Å². The van der Waals surface area contributed by atoms with Gasteiger partial charge in [0.15, 0.2) is 0 Å². The fourth-order valence-electron chi connectivity index (χ4n) is 6.34. The molecule has 0 fully saturated rings. The van der Waals surface area contributed by atoms with E-state index in [9.17, 15) is 14.4 Å². The molecule has 0 aliphatic heterocycles. The first-order valence-corrected chi connectivity index (χ1v) is 17.1. The maximum Gasteiger partial charge on any atom is 0.262 e. The van der Waals surface area contributed by atoms with Gasteiger partial charge in [0.25, 0.3) is 5.91 Å². The van der Waals surface area contributed by atoms with Crippen LogP contribution in [-0.4, -0.2) is 42.5 Å². The number of nitrogens with one attached hydrogen (secondary N) is 2. The van der Waals surface area contributed by atoms with Crippen molar-refractivity contribution in [1.82, 2.24) is 15.2 Å². The summed E-state index contributed by atoms with van der Waals surface area (Å²) in [5, 5.41) is 7.01. The second-order valence-electron chi connectivity index (χ2n) is 13.3. The zero-order chi connectivity index (χ0) is 35.7. The number of aromatic nitrogens is 1. The summed E-state index contributed by atoms with van der Waals surface area (Å²) in [5.41, 5.74) is 7.64. The Morgan fingerprint density at radius 3 is 2.39 bits per heavy atom. The summed E-state index contributed by atoms with van der Waals surface area (Å²) >= 11 is 6.03. The molecule has 1 aliphatic carbocycles. The van der Waals surface area contributed by atoms with Gasteiger partial charge in [-0.05, 0) is 112 Å². The van der Waals surface area contributed by atoms with Crippen LogP contribution < -0.4 is 15.4 Å². The monoisotopic (exact) mass is 681 g/mol. The third-order valence-corrected chi connectivity index (χ3v) is 9.30. The van der Waals surface area contributed by atoms with Crippen LogP contribution in [0.5, 0.6) is 5.75 Å². The molecule has 7 nitrogen and oxygen atoms in total. The standard InChI is InChI=1S/C41H48ClN3O4/c1-27(13-19-36-29(3)12-9-21-41(36,5)6)10-8-11-28(2)24-38(46)43-22-23-44-39(47)26-34-30(4)45(37-20-18-33(49-7)25-35(34)37)40(48)31-14-16-32(42)17-15-31/h8,10-11,13-20,24-25H,9,12,21-23,26H2,1-7H3,(H,43,46)(H,44,47). The van der Waals surface area contributed by atoms with Gasteiger partial charge in [-0.2, -0.15) is 0 Å². The topological polar surface area (TPSA) is 89.4 Å². The lowest BCUT2D eigenvalue weighted by atomic mass is 9.72. The molecule has 0 spiro atoms. The van der Waals surface area contributed by atoms with Gasteiger partial charge in [-0.25, -0.2) is 0 Å². The highest BCUT2D eigenvalue weighted by Crippen LogP contribution is 2.40. The second-order valence-corrected chi connectivity index (χ2v) is 13.8. The first-order valence-electron chi connectivity index (χ1n) is 16.7. The number of halogens is 1. The number of benzene rings is 2. The molecule has 1 heterocycles. The largest absolute Gasteiger partial charge is 0.497 e. The second kappa shape index (κ2) is 16.7. The molecule has 2 N–H and O–H groups in total. The van der Waals surface area contributed by atoms with Crippen molar-refractivity contribution >= 4 is 40.2 Å². The minimum atomic E-state index is -0.231. The average Bonchev–Trinajstić information content (AvgIpc) is 3.32. The fourth-order valence-corrected chi connectivity index (χ4v) is 6.47. The van der Waals surface area contributed by atoms with E-state index in [-0.39, 0.29) is 42.6 Å². The Morgan fingerprint density at radius 2 is 1.69 bits per heavy atom. The summed E-state index contributed by atoms with van der Waals surface area (Å²) in [7, 11) is 1.58. The molecule has 49 heavy (non-hydrogen) atoms. The number of ether oxygens (including phenoxy) is 1. The molecule has 258 valence electrons. The van der Waals surface area contributed by atoms with Gasteiger partial charge in [-0.15, -0.1) is 0 Å². The molecule has 8 heteroatoms. The average molecular weight is 682 g/mol. The molecular formula is C41H48ClN3O4. The number of allylic oxidation sites excluding steroid dienone is 9. The number of carbonyl (C=O) groups is 3. The van der Waals surface area contributed by atoms with Crippen LogP contribution in [0, 0.1) is 12.3 Å². The molecule has 1 aliphatic rings. The van der Waals surface area contributed by atoms with E-state index in [1.165, 1.54) is 30.4 Å². The van der Waals surface area contributed by atoms with Gasteiger partial charge >= 0.3 is 0 Å². The van der Waals surface area contributed by atoms with Crippen LogP contribution in [0.1, 0.15) is 75.5 Å².